The van der Waals surface area contributed by atoms with Gasteiger partial charge in [0.25, 0.3) is 0 Å². The number of nitrogens with zero attached hydrogens (tertiary/aromatic N) is 1. The van der Waals surface area contributed by atoms with Crippen LogP contribution in [0.15, 0.2) is 28.0 Å². The summed E-state index contributed by atoms with van der Waals surface area (Å²) in [6.45, 7) is 4.06. The maximum absolute atomic E-state index is 11.5. The summed E-state index contributed by atoms with van der Waals surface area (Å²) in [4.78, 5) is 0.574. The molecule has 3 nitrogen and oxygen atoms in total. The molecule has 0 atom stereocenters. The van der Waals surface area contributed by atoms with E-state index < -0.39 is 9.84 Å². The normalized spacial score (nSPS) is 12.5. The predicted molar refractivity (Wildman–Crippen MR) is 80.9 cm³/mol. The van der Waals surface area contributed by atoms with Gasteiger partial charge in [0.1, 0.15) is 11.0 Å². The Morgan fingerprint density at radius 3 is 2.58 bits per heavy atom. The fourth-order valence-corrected chi connectivity index (χ4v) is 3.11. The van der Waals surface area contributed by atoms with Gasteiger partial charge in [0.05, 0.1) is 0 Å². The van der Waals surface area contributed by atoms with Gasteiger partial charge in [-0.3, -0.25) is 0 Å². The minimum Gasteiger partial charge on any atom is -0.223 e. The topological polar surface area (TPSA) is 57.9 Å². The molecule has 0 aliphatic heterocycles. The van der Waals surface area contributed by atoms with Crippen LogP contribution >= 0.6 is 23.4 Å². The van der Waals surface area contributed by atoms with Crippen LogP contribution in [-0.2, 0) is 9.84 Å². The Labute approximate surface area is 123 Å². The zero-order valence-corrected chi connectivity index (χ0v) is 13.2. The van der Waals surface area contributed by atoms with E-state index in [1.807, 2.05) is 19.9 Å². The SMILES string of the molecule is CC(C)Sc1cccc(Cl)c1/C=C(/C#N)S(C)(=O)=O. The number of sulfone groups is 1. The molecule has 6 heteroatoms. The third-order valence-corrected chi connectivity index (χ3v) is 4.58. The first kappa shape index (κ1) is 16.1. The van der Waals surface area contributed by atoms with Crippen LogP contribution in [0.1, 0.15) is 19.4 Å². The molecule has 0 bridgehead atoms. The van der Waals surface area contributed by atoms with E-state index in [9.17, 15) is 8.42 Å². The lowest BCUT2D eigenvalue weighted by molar-refractivity contribution is 0.609. The predicted octanol–water partition coefficient (Wildman–Crippen LogP) is 3.75. The van der Waals surface area contributed by atoms with Gasteiger partial charge in [-0.05, 0) is 18.2 Å². The van der Waals surface area contributed by atoms with E-state index in [2.05, 4.69) is 0 Å². The van der Waals surface area contributed by atoms with Crippen molar-refractivity contribution in [2.45, 2.75) is 24.0 Å². The average Bonchev–Trinajstić information content (AvgIpc) is 2.26. The summed E-state index contributed by atoms with van der Waals surface area (Å²) in [6.07, 6.45) is 2.34. The second kappa shape index (κ2) is 6.47. The highest BCUT2D eigenvalue weighted by Crippen LogP contribution is 2.33. The molecule has 0 fully saturated rings. The first-order valence-corrected chi connectivity index (χ1v) is 8.67. The Morgan fingerprint density at radius 2 is 2.11 bits per heavy atom. The molecule has 0 aliphatic carbocycles. The smallest absolute Gasteiger partial charge is 0.185 e. The van der Waals surface area contributed by atoms with E-state index in [-0.39, 0.29) is 4.91 Å². The Balaban J connectivity index is 3.42. The summed E-state index contributed by atoms with van der Waals surface area (Å²) in [5.41, 5.74) is 0.574. The minimum absolute atomic E-state index is 0.286. The molecule has 0 saturated carbocycles. The molecule has 0 saturated heterocycles. The van der Waals surface area contributed by atoms with Crippen molar-refractivity contribution in [3.63, 3.8) is 0 Å². The van der Waals surface area contributed by atoms with Crippen LogP contribution in [0.5, 0.6) is 0 Å². The summed E-state index contributed by atoms with van der Waals surface area (Å²) < 4.78 is 22.9. The molecule has 0 radical (unpaired) electrons. The third kappa shape index (κ3) is 4.57. The van der Waals surface area contributed by atoms with Gasteiger partial charge in [0.2, 0.25) is 0 Å². The highest BCUT2D eigenvalue weighted by Gasteiger charge is 2.14. The van der Waals surface area contributed by atoms with E-state index in [1.54, 1.807) is 30.0 Å². The first-order chi connectivity index (χ1) is 8.75. The van der Waals surface area contributed by atoms with Crippen molar-refractivity contribution in [3.8, 4) is 6.07 Å². The van der Waals surface area contributed by atoms with Crippen molar-refractivity contribution < 1.29 is 8.42 Å². The van der Waals surface area contributed by atoms with Gasteiger partial charge < -0.3 is 0 Å². The second-order valence-corrected chi connectivity index (χ2v) is 8.22. The number of hydrogen-bond acceptors (Lipinski definition) is 4. The summed E-state index contributed by atoms with van der Waals surface area (Å²) in [6, 6.07) is 7.04. The number of rotatable bonds is 4. The molecule has 0 N–H and O–H groups in total. The maximum Gasteiger partial charge on any atom is 0.185 e. The fraction of sp³-hybridized carbons (Fsp3) is 0.308. The molecule has 1 aromatic carbocycles. The van der Waals surface area contributed by atoms with Gasteiger partial charge in [-0.25, -0.2) is 8.42 Å². The lowest BCUT2D eigenvalue weighted by Gasteiger charge is -2.10. The molecule has 1 aromatic rings. The Morgan fingerprint density at radius 1 is 1.47 bits per heavy atom. The van der Waals surface area contributed by atoms with Gasteiger partial charge in [-0.2, -0.15) is 5.26 Å². The van der Waals surface area contributed by atoms with Gasteiger partial charge in [-0.1, -0.05) is 31.5 Å². The maximum atomic E-state index is 11.5. The molecule has 102 valence electrons. The van der Waals surface area contributed by atoms with E-state index in [0.29, 0.717) is 15.8 Å². The van der Waals surface area contributed by atoms with Crippen molar-refractivity contribution in [2.75, 3.05) is 6.26 Å². The lowest BCUT2D eigenvalue weighted by atomic mass is 10.2. The van der Waals surface area contributed by atoms with Gasteiger partial charge >= 0.3 is 0 Å². The fourth-order valence-electron chi connectivity index (χ4n) is 1.37. The van der Waals surface area contributed by atoms with Crippen LogP contribution in [0.4, 0.5) is 0 Å². The van der Waals surface area contributed by atoms with Crippen LogP contribution in [0, 0.1) is 11.3 Å². The summed E-state index contributed by atoms with van der Waals surface area (Å²) in [5.74, 6) is 0. The Bertz CT molecular complexity index is 643. The van der Waals surface area contributed by atoms with E-state index in [0.717, 1.165) is 11.2 Å². The lowest BCUT2D eigenvalue weighted by Crippen LogP contribution is -1.99. The number of hydrogen-bond donors (Lipinski definition) is 0. The standard InChI is InChI=1S/C13H14ClNO2S2/c1-9(2)18-13-6-4-5-12(14)11(13)7-10(8-15)19(3,16)17/h4-7,9H,1-3H3/b10-7-. The number of thioether (sulfide) groups is 1. The zero-order chi connectivity index (χ0) is 14.6. The van der Waals surface area contributed by atoms with E-state index >= 15 is 0 Å². The van der Waals surface area contributed by atoms with Gasteiger partial charge in [0, 0.05) is 27.0 Å². The molecule has 0 unspecified atom stereocenters. The van der Waals surface area contributed by atoms with Gasteiger partial charge in [0.15, 0.2) is 9.84 Å². The Hall–Kier alpha value is -0.960. The number of allylic oxidation sites excluding steroid dienone is 1. The molecule has 0 aromatic heterocycles. The monoisotopic (exact) mass is 315 g/mol. The molecule has 19 heavy (non-hydrogen) atoms. The molecular formula is C13H14ClNO2S2. The Kier molecular flexibility index (Phi) is 5.48. The van der Waals surface area contributed by atoms with Crippen molar-refractivity contribution >= 4 is 39.3 Å². The number of halogens is 1. The molecule has 0 spiro atoms. The third-order valence-electron chi connectivity index (χ3n) is 2.16. The van der Waals surface area contributed by atoms with Crippen LogP contribution in [0.2, 0.25) is 5.02 Å². The van der Waals surface area contributed by atoms with E-state index in [1.165, 1.54) is 6.08 Å². The van der Waals surface area contributed by atoms with Crippen LogP contribution in [0.3, 0.4) is 0 Å². The zero-order valence-electron chi connectivity index (χ0n) is 10.8. The molecule has 0 amide bonds. The van der Waals surface area contributed by atoms with Crippen LogP contribution in [0.25, 0.3) is 6.08 Å². The minimum atomic E-state index is -3.54. The van der Waals surface area contributed by atoms with E-state index in [4.69, 9.17) is 16.9 Å². The molecule has 0 heterocycles. The summed E-state index contributed by atoms with van der Waals surface area (Å²) >= 11 is 7.67. The second-order valence-electron chi connectivity index (χ2n) is 4.21. The molecule has 0 aliphatic rings. The highest BCUT2D eigenvalue weighted by molar-refractivity contribution is 8.00. The van der Waals surface area contributed by atoms with Crippen molar-refractivity contribution in [2.24, 2.45) is 0 Å². The first-order valence-electron chi connectivity index (χ1n) is 5.52. The van der Waals surface area contributed by atoms with Crippen molar-refractivity contribution in [1.29, 1.82) is 5.26 Å². The largest absolute Gasteiger partial charge is 0.223 e. The number of nitriles is 1. The van der Waals surface area contributed by atoms with Gasteiger partial charge in [-0.15, -0.1) is 11.8 Å². The summed E-state index contributed by atoms with van der Waals surface area (Å²) in [7, 11) is -3.54. The van der Waals surface area contributed by atoms with Crippen LogP contribution in [-0.4, -0.2) is 19.9 Å². The van der Waals surface area contributed by atoms with Crippen LogP contribution < -0.4 is 0 Å². The molecular weight excluding hydrogens is 302 g/mol. The van der Waals surface area contributed by atoms with Crippen molar-refractivity contribution in [1.82, 2.24) is 0 Å². The van der Waals surface area contributed by atoms with Crippen molar-refractivity contribution in [3.05, 3.63) is 33.7 Å². The summed E-state index contributed by atoms with van der Waals surface area (Å²) in [5, 5.41) is 9.70. The quantitative estimate of drug-likeness (QED) is 0.627. The number of benzene rings is 1. The molecule has 1 rings (SSSR count). The highest BCUT2D eigenvalue weighted by atomic mass is 35.5. The average molecular weight is 316 g/mol.